The Morgan fingerprint density at radius 3 is 2.72 bits per heavy atom. The fraction of sp³-hybridized carbons (Fsp3) is 0.353. The Morgan fingerprint density at radius 2 is 2.03 bits per heavy atom. The van der Waals surface area contributed by atoms with Crippen molar-refractivity contribution in [2.45, 2.75) is 24.5 Å². The number of carbonyl (C=O) groups excluding carboxylic acids is 1. The van der Waals surface area contributed by atoms with E-state index in [-0.39, 0.29) is 11.5 Å². The van der Waals surface area contributed by atoms with Gasteiger partial charge in [0.15, 0.2) is 35.1 Å². The van der Waals surface area contributed by atoms with Crippen LogP contribution in [0.5, 0.6) is 0 Å². The molecule has 0 unspecified atom stereocenters. The van der Waals surface area contributed by atoms with Gasteiger partial charge in [-0.05, 0) is 6.07 Å². The van der Waals surface area contributed by atoms with Gasteiger partial charge in [-0.15, -0.1) is 0 Å². The first-order valence-electron chi connectivity index (χ1n) is 8.71. The topological polar surface area (TPSA) is 147 Å². The quantitative estimate of drug-likeness (QED) is 0.450. The van der Waals surface area contributed by atoms with Gasteiger partial charge < -0.3 is 25.6 Å². The first-order chi connectivity index (χ1) is 13.9. The number of fused-ring (bicyclic) bond motifs is 1. The first-order valence-corrected chi connectivity index (χ1v) is 8.71. The number of imidazole rings is 1. The van der Waals surface area contributed by atoms with Crippen LogP contribution in [0.25, 0.3) is 22.6 Å². The normalized spacial score (nSPS) is 24.0. The van der Waals surface area contributed by atoms with Gasteiger partial charge in [0.25, 0.3) is 5.91 Å². The summed E-state index contributed by atoms with van der Waals surface area (Å²) in [7, 11) is 3.04. The average Bonchev–Trinajstić information content (AvgIpc) is 3.28. The summed E-state index contributed by atoms with van der Waals surface area (Å²) < 4.78 is 20.6. The Labute approximate surface area is 163 Å². The van der Waals surface area contributed by atoms with E-state index in [0.29, 0.717) is 16.9 Å². The lowest BCUT2D eigenvalue weighted by molar-refractivity contribution is -0.137. The maximum atomic E-state index is 13.6. The summed E-state index contributed by atoms with van der Waals surface area (Å²) in [5, 5.41) is 25.9. The molecule has 3 aromatic rings. The van der Waals surface area contributed by atoms with E-state index in [9.17, 15) is 19.4 Å². The Kier molecular flexibility index (Phi) is 4.82. The molecule has 1 fully saturated rings. The largest absolute Gasteiger partial charge is 0.387 e. The molecule has 4 rings (SSSR count). The molecule has 1 aliphatic rings. The van der Waals surface area contributed by atoms with Gasteiger partial charge in [0.05, 0.1) is 12.5 Å². The second-order valence-corrected chi connectivity index (χ2v) is 6.40. The van der Waals surface area contributed by atoms with Crippen LogP contribution < -0.4 is 10.6 Å². The number of nitrogens with one attached hydrogen (secondary N) is 2. The standard InChI is InChI=1S/C17H18FN7O4/c1-19-14-9-15(24-13(23-14)7-3-8(18)5-21-4-7)25(6-22-9)17-11(27)10(26)12(29-17)16(28)20-2/h3-6,10-12,17,26-27H,1-2H3,(H,20,28)(H,19,23,24)/t10-,11+,12-,17+/m0/s1. The molecule has 1 amide bonds. The third-order valence-corrected chi connectivity index (χ3v) is 4.64. The lowest BCUT2D eigenvalue weighted by Crippen LogP contribution is -2.41. The molecular formula is C17H18FN7O4. The third-order valence-electron chi connectivity index (χ3n) is 4.64. The van der Waals surface area contributed by atoms with Crippen LogP contribution >= 0.6 is 0 Å². The molecule has 4 N–H and O–H groups in total. The number of amides is 1. The second kappa shape index (κ2) is 7.31. The van der Waals surface area contributed by atoms with Gasteiger partial charge in [-0.25, -0.2) is 19.3 Å². The zero-order valence-electron chi connectivity index (χ0n) is 15.4. The molecule has 0 radical (unpaired) electrons. The van der Waals surface area contributed by atoms with Crippen LogP contribution in [-0.2, 0) is 9.53 Å². The predicted octanol–water partition coefficient (Wildman–Crippen LogP) is -0.566. The van der Waals surface area contributed by atoms with Gasteiger partial charge in [0.1, 0.15) is 18.0 Å². The van der Waals surface area contributed by atoms with Crippen molar-refractivity contribution in [1.82, 2.24) is 29.8 Å². The van der Waals surface area contributed by atoms with Crippen molar-refractivity contribution >= 4 is 22.9 Å². The number of hydrogen-bond acceptors (Lipinski definition) is 9. The molecule has 0 saturated carbocycles. The van der Waals surface area contributed by atoms with E-state index in [1.165, 1.54) is 30.2 Å². The lowest BCUT2D eigenvalue weighted by Gasteiger charge is -2.17. The Morgan fingerprint density at radius 1 is 1.24 bits per heavy atom. The number of nitrogens with zero attached hydrogens (tertiary/aromatic N) is 5. The summed E-state index contributed by atoms with van der Waals surface area (Å²) in [6.45, 7) is 0. The molecule has 12 heteroatoms. The summed E-state index contributed by atoms with van der Waals surface area (Å²) in [5.74, 6) is -0.576. The Hall–Kier alpha value is -3.22. The fourth-order valence-electron chi connectivity index (χ4n) is 3.19. The highest BCUT2D eigenvalue weighted by molar-refractivity contribution is 5.85. The van der Waals surface area contributed by atoms with Crippen molar-refractivity contribution in [2.24, 2.45) is 0 Å². The zero-order valence-corrected chi connectivity index (χ0v) is 15.4. The summed E-state index contributed by atoms with van der Waals surface area (Å²) in [4.78, 5) is 28.7. The number of ether oxygens (including phenoxy) is 1. The van der Waals surface area contributed by atoms with Crippen molar-refractivity contribution in [3.8, 4) is 11.4 Å². The SMILES string of the molecule is CNC(=O)[C@H]1O[C@@H](n2cnc3c(NC)nc(-c4cncc(F)c4)nc32)[C@H](O)[C@@H]1O. The number of aliphatic hydroxyl groups excluding tert-OH is 2. The number of aliphatic hydroxyl groups is 2. The number of hydrogen-bond donors (Lipinski definition) is 4. The van der Waals surface area contributed by atoms with Crippen molar-refractivity contribution in [3.63, 3.8) is 0 Å². The van der Waals surface area contributed by atoms with E-state index in [0.717, 1.165) is 6.20 Å². The number of aromatic nitrogens is 5. The van der Waals surface area contributed by atoms with Crippen molar-refractivity contribution in [2.75, 3.05) is 19.4 Å². The van der Waals surface area contributed by atoms with Crippen molar-refractivity contribution < 1.29 is 24.1 Å². The highest BCUT2D eigenvalue weighted by atomic mass is 19.1. The molecule has 1 saturated heterocycles. The third kappa shape index (κ3) is 3.16. The summed E-state index contributed by atoms with van der Waals surface area (Å²) in [6, 6.07) is 1.24. The monoisotopic (exact) mass is 403 g/mol. The number of anilines is 1. The van der Waals surface area contributed by atoms with E-state index >= 15 is 0 Å². The molecule has 4 atom stereocenters. The predicted molar refractivity (Wildman–Crippen MR) is 98.0 cm³/mol. The highest BCUT2D eigenvalue weighted by Crippen LogP contribution is 2.33. The van der Waals surface area contributed by atoms with E-state index in [2.05, 4.69) is 30.6 Å². The van der Waals surface area contributed by atoms with Gasteiger partial charge in [-0.3, -0.25) is 14.3 Å². The molecule has 29 heavy (non-hydrogen) atoms. The van der Waals surface area contributed by atoms with Crippen LogP contribution in [0.1, 0.15) is 6.23 Å². The molecule has 3 aromatic heterocycles. The van der Waals surface area contributed by atoms with Crippen LogP contribution in [0.15, 0.2) is 24.8 Å². The molecule has 0 aliphatic carbocycles. The minimum Gasteiger partial charge on any atom is -0.387 e. The summed E-state index contributed by atoms with van der Waals surface area (Å²) >= 11 is 0. The zero-order chi connectivity index (χ0) is 20.7. The Balaban J connectivity index is 1.82. The van der Waals surface area contributed by atoms with Crippen LogP contribution in [0.2, 0.25) is 0 Å². The fourth-order valence-corrected chi connectivity index (χ4v) is 3.19. The van der Waals surface area contributed by atoms with E-state index in [1.54, 1.807) is 7.05 Å². The Bertz CT molecular complexity index is 1080. The van der Waals surface area contributed by atoms with Gasteiger partial charge in [0, 0.05) is 25.9 Å². The van der Waals surface area contributed by atoms with Crippen LogP contribution in [0.3, 0.4) is 0 Å². The minimum absolute atomic E-state index is 0.173. The number of rotatable bonds is 4. The number of likely N-dealkylation sites (N-methyl/N-ethyl adjacent to an activating group) is 1. The molecule has 4 heterocycles. The maximum Gasteiger partial charge on any atom is 0.251 e. The highest BCUT2D eigenvalue weighted by Gasteiger charge is 2.47. The van der Waals surface area contributed by atoms with Crippen LogP contribution in [-0.4, -0.2) is 73.0 Å². The van der Waals surface area contributed by atoms with Crippen molar-refractivity contribution in [1.29, 1.82) is 0 Å². The van der Waals surface area contributed by atoms with Gasteiger partial charge in [-0.1, -0.05) is 0 Å². The first kappa shape index (κ1) is 19.1. The molecule has 0 bridgehead atoms. The number of halogens is 1. The van der Waals surface area contributed by atoms with Gasteiger partial charge in [-0.2, -0.15) is 0 Å². The molecule has 0 spiro atoms. The molecule has 1 aliphatic heterocycles. The molecule has 152 valence electrons. The van der Waals surface area contributed by atoms with Gasteiger partial charge in [0.2, 0.25) is 0 Å². The molecule has 11 nitrogen and oxygen atoms in total. The van der Waals surface area contributed by atoms with E-state index in [1.807, 2.05) is 0 Å². The maximum absolute atomic E-state index is 13.6. The van der Waals surface area contributed by atoms with E-state index in [4.69, 9.17) is 4.74 Å². The number of carbonyl (C=O) groups is 1. The van der Waals surface area contributed by atoms with Crippen LogP contribution in [0.4, 0.5) is 10.2 Å². The molecular weight excluding hydrogens is 385 g/mol. The number of pyridine rings is 1. The van der Waals surface area contributed by atoms with Crippen LogP contribution in [0, 0.1) is 5.82 Å². The smallest absolute Gasteiger partial charge is 0.251 e. The summed E-state index contributed by atoms with van der Waals surface area (Å²) in [5.41, 5.74) is 0.971. The minimum atomic E-state index is -1.44. The lowest BCUT2D eigenvalue weighted by atomic mass is 10.1. The second-order valence-electron chi connectivity index (χ2n) is 6.40. The van der Waals surface area contributed by atoms with Gasteiger partial charge >= 0.3 is 0 Å². The average molecular weight is 403 g/mol. The van der Waals surface area contributed by atoms with Crippen molar-refractivity contribution in [3.05, 3.63) is 30.6 Å². The van der Waals surface area contributed by atoms with E-state index < -0.39 is 36.3 Å². The molecule has 0 aromatic carbocycles. The summed E-state index contributed by atoms with van der Waals surface area (Å²) in [6.07, 6.45) is -1.37.